The highest BCUT2D eigenvalue weighted by atomic mass is 16.2. The summed E-state index contributed by atoms with van der Waals surface area (Å²) in [7, 11) is 1.64. The Hall–Kier alpha value is -0.730. The van der Waals surface area contributed by atoms with Gasteiger partial charge in [0, 0.05) is 13.1 Å². The molecule has 1 aliphatic rings. The van der Waals surface area contributed by atoms with E-state index in [1.807, 2.05) is 27.7 Å². The Labute approximate surface area is 88.7 Å². The number of carbonyl (C=O) groups is 1. The van der Waals surface area contributed by atoms with Crippen LogP contribution in [0.1, 0.15) is 53.4 Å². The minimum atomic E-state index is -0.0492. The van der Waals surface area contributed by atoms with Crippen LogP contribution in [-0.4, -0.2) is 19.1 Å². The summed E-state index contributed by atoms with van der Waals surface area (Å²) in [6.07, 6.45) is 4.81. The Bertz CT molecular complexity index is 120. The number of hydrogen-bond donors (Lipinski definition) is 2. The maximum absolute atomic E-state index is 10.7. The van der Waals surface area contributed by atoms with Crippen LogP contribution in [0.2, 0.25) is 0 Å². The van der Waals surface area contributed by atoms with E-state index < -0.39 is 0 Å². The van der Waals surface area contributed by atoms with Gasteiger partial charge in [0.05, 0.1) is 0 Å². The van der Waals surface area contributed by atoms with Crippen LogP contribution in [-0.2, 0) is 0 Å². The molecule has 1 rings (SSSR count). The standard InChI is InChI=1S/C7H14N2O.2C2H6/c1-8-7(10)9-6-4-2-3-5-6;2*1-2/h6H,2-5H2,1H3,(H2,8,9,10);2*1-2H3. The van der Waals surface area contributed by atoms with Gasteiger partial charge in [0.15, 0.2) is 0 Å². The normalized spacial score (nSPS) is 14.4. The molecule has 1 fully saturated rings. The van der Waals surface area contributed by atoms with Gasteiger partial charge in [-0.15, -0.1) is 0 Å². The lowest BCUT2D eigenvalue weighted by molar-refractivity contribution is 0.239. The highest BCUT2D eigenvalue weighted by Gasteiger charge is 2.15. The van der Waals surface area contributed by atoms with Gasteiger partial charge in [-0.3, -0.25) is 0 Å². The lowest BCUT2D eigenvalue weighted by atomic mass is 10.3. The summed E-state index contributed by atoms with van der Waals surface area (Å²) in [5.74, 6) is 0. The first-order valence-electron chi connectivity index (χ1n) is 5.81. The van der Waals surface area contributed by atoms with Gasteiger partial charge in [0.25, 0.3) is 0 Å². The lowest BCUT2D eigenvalue weighted by Gasteiger charge is -2.10. The molecule has 3 nitrogen and oxygen atoms in total. The Morgan fingerprint density at radius 3 is 1.86 bits per heavy atom. The van der Waals surface area contributed by atoms with Crippen molar-refractivity contribution in [2.75, 3.05) is 7.05 Å². The van der Waals surface area contributed by atoms with Crippen molar-refractivity contribution in [1.82, 2.24) is 10.6 Å². The number of hydrogen-bond acceptors (Lipinski definition) is 1. The van der Waals surface area contributed by atoms with Crippen LogP contribution in [0.5, 0.6) is 0 Å². The van der Waals surface area contributed by atoms with Gasteiger partial charge in [-0.05, 0) is 12.8 Å². The summed E-state index contributed by atoms with van der Waals surface area (Å²) in [6, 6.07) is 0.381. The molecule has 1 saturated carbocycles. The second kappa shape index (κ2) is 12.3. The number of urea groups is 1. The molecule has 0 heterocycles. The SMILES string of the molecule is CC.CC.CNC(=O)NC1CCCC1. The predicted octanol–water partition coefficient (Wildman–Crippen LogP) is 2.91. The lowest BCUT2D eigenvalue weighted by Crippen LogP contribution is -2.38. The second-order valence-electron chi connectivity index (χ2n) is 2.70. The van der Waals surface area contributed by atoms with E-state index in [0.717, 1.165) is 12.8 Å². The molecule has 0 atom stereocenters. The average Bonchev–Trinajstić information content (AvgIpc) is 2.76. The van der Waals surface area contributed by atoms with E-state index in [2.05, 4.69) is 10.6 Å². The monoisotopic (exact) mass is 202 g/mol. The first-order chi connectivity index (χ1) is 6.83. The van der Waals surface area contributed by atoms with Crippen molar-refractivity contribution < 1.29 is 4.79 Å². The molecule has 0 aromatic carbocycles. The largest absolute Gasteiger partial charge is 0.341 e. The molecule has 0 aromatic heterocycles. The molecule has 0 aromatic rings. The molecule has 14 heavy (non-hydrogen) atoms. The molecule has 0 aliphatic heterocycles. The molecule has 0 spiro atoms. The number of carbonyl (C=O) groups excluding carboxylic acids is 1. The molecular formula is C11H26N2O. The van der Waals surface area contributed by atoms with Crippen molar-refractivity contribution in [2.24, 2.45) is 0 Å². The zero-order chi connectivity index (χ0) is 11.4. The van der Waals surface area contributed by atoms with Crippen molar-refractivity contribution in [3.05, 3.63) is 0 Å². The van der Waals surface area contributed by atoms with Crippen molar-refractivity contribution >= 4 is 6.03 Å². The van der Waals surface area contributed by atoms with Crippen molar-refractivity contribution in [3.8, 4) is 0 Å². The fraction of sp³-hybridized carbons (Fsp3) is 0.909. The third-order valence-electron chi connectivity index (χ3n) is 1.92. The molecule has 3 heteroatoms. The minimum absolute atomic E-state index is 0.0492. The minimum Gasteiger partial charge on any atom is -0.341 e. The van der Waals surface area contributed by atoms with Gasteiger partial charge in [-0.25, -0.2) is 4.79 Å². The summed E-state index contributed by atoms with van der Waals surface area (Å²) in [6.45, 7) is 8.00. The van der Waals surface area contributed by atoms with Gasteiger partial charge in [0.1, 0.15) is 0 Å². The maximum atomic E-state index is 10.7. The summed E-state index contributed by atoms with van der Waals surface area (Å²) in [5, 5.41) is 5.42. The third-order valence-corrected chi connectivity index (χ3v) is 1.92. The molecule has 0 radical (unpaired) electrons. The highest BCUT2D eigenvalue weighted by molar-refractivity contribution is 5.73. The fourth-order valence-corrected chi connectivity index (χ4v) is 1.33. The zero-order valence-corrected chi connectivity index (χ0v) is 10.3. The Morgan fingerprint density at radius 2 is 1.50 bits per heavy atom. The molecule has 1 aliphatic carbocycles. The molecule has 0 saturated heterocycles. The summed E-state index contributed by atoms with van der Waals surface area (Å²) >= 11 is 0. The van der Waals surface area contributed by atoms with Crippen molar-refractivity contribution in [3.63, 3.8) is 0 Å². The summed E-state index contributed by atoms with van der Waals surface area (Å²) < 4.78 is 0. The van der Waals surface area contributed by atoms with E-state index in [4.69, 9.17) is 0 Å². The van der Waals surface area contributed by atoms with E-state index >= 15 is 0 Å². The molecule has 0 bridgehead atoms. The molecule has 86 valence electrons. The van der Waals surface area contributed by atoms with Crippen LogP contribution >= 0.6 is 0 Å². The Kier molecular flexibility index (Phi) is 13.8. The van der Waals surface area contributed by atoms with E-state index in [-0.39, 0.29) is 6.03 Å². The molecular weight excluding hydrogens is 176 g/mol. The first-order valence-corrected chi connectivity index (χ1v) is 5.81. The van der Waals surface area contributed by atoms with Crippen LogP contribution in [0.15, 0.2) is 0 Å². The average molecular weight is 202 g/mol. The van der Waals surface area contributed by atoms with E-state index in [1.54, 1.807) is 7.05 Å². The van der Waals surface area contributed by atoms with Gasteiger partial charge >= 0.3 is 6.03 Å². The molecule has 2 amide bonds. The van der Waals surface area contributed by atoms with Crippen LogP contribution in [0.25, 0.3) is 0 Å². The third kappa shape index (κ3) is 7.90. The number of rotatable bonds is 1. The summed E-state index contributed by atoms with van der Waals surface area (Å²) in [4.78, 5) is 10.7. The van der Waals surface area contributed by atoms with Crippen LogP contribution < -0.4 is 10.6 Å². The molecule has 0 unspecified atom stereocenters. The number of amides is 2. The maximum Gasteiger partial charge on any atom is 0.314 e. The summed E-state index contributed by atoms with van der Waals surface area (Å²) in [5.41, 5.74) is 0. The van der Waals surface area contributed by atoms with Crippen LogP contribution in [0.3, 0.4) is 0 Å². The van der Waals surface area contributed by atoms with Gasteiger partial charge < -0.3 is 10.6 Å². The van der Waals surface area contributed by atoms with Crippen molar-refractivity contribution in [1.29, 1.82) is 0 Å². The highest BCUT2D eigenvalue weighted by Crippen LogP contribution is 2.17. The van der Waals surface area contributed by atoms with E-state index in [1.165, 1.54) is 12.8 Å². The Balaban J connectivity index is 0. The van der Waals surface area contributed by atoms with Crippen molar-refractivity contribution in [2.45, 2.75) is 59.4 Å². The van der Waals surface area contributed by atoms with Gasteiger partial charge in [0.2, 0.25) is 0 Å². The second-order valence-corrected chi connectivity index (χ2v) is 2.70. The zero-order valence-electron chi connectivity index (χ0n) is 10.3. The fourth-order valence-electron chi connectivity index (χ4n) is 1.33. The van der Waals surface area contributed by atoms with Crippen LogP contribution in [0, 0.1) is 0 Å². The van der Waals surface area contributed by atoms with E-state index in [9.17, 15) is 4.79 Å². The topological polar surface area (TPSA) is 41.1 Å². The molecule has 2 N–H and O–H groups in total. The number of nitrogens with one attached hydrogen (secondary N) is 2. The quantitative estimate of drug-likeness (QED) is 0.674. The van der Waals surface area contributed by atoms with E-state index in [0.29, 0.717) is 6.04 Å². The van der Waals surface area contributed by atoms with Gasteiger partial charge in [-0.1, -0.05) is 40.5 Å². The first kappa shape index (κ1) is 15.7. The van der Waals surface area contributed by atoms with Gasteiger partial charge in [-0.2, -0.15) is 0 Å². The smallest absolute Gasteiger partial charge is 0.314 e. The Morgan fingerprint density at radius 1 is 1.07 bits per heavy atom. The predicted molar refractivity (Wildman–Crippen MR) is 62.5 cm³/mol. The van der Waals surface area contributed by atoms with Crippen LogP contribution in [0.4, 0.5) is 4.79 Å².